The second-order valence-corrected chi connectivity index (χ2v) is 3.58. The summed E-state index contributed by atoms with van der Waals surface area (Å²) >= 11 is 0. The molecule has 0 atom stereocenters. The zero-order valence-corrected chi connectivity index (χ0v) is 10.2. The zero-order valence-electron chi connectivity index (χ0n) is 10.2. The first-order chi connectivity index (χ1) is 7.62. The summed E-state index contributed by atoms with van der Waals surface area (Å²) in [5, 5.41) is 18.0. The van der Waals surface area contributed by atoms with E-state index in [0.29, 0.717) is 0 Å². The molecule has 4 heteroatoms. The summed E-state index contributed by atoms with van der Waals surface area (Å²) in [5.41, 5.74) is 2.41. The minimum Gasteiger partial charge on any atom is -0.329 e. The van der Waals surface area contributed by atoms with Crippen molar-refractivity contribution in [3.8, 4) is 12.1 Å². The largest absolute Gasteiger partial charge is 0.329 e. The standard InChI is InChI=1S/C12H16N4/c1-5-15-9(3)10(4)16(6-2)12(15)11(7-13)8-14/h5-6H2,1-4H3. The van der Waals surface area contributed by atoms with Crippen molar-refractivity contribution in [1.82, 2.24) is 9.80 Å². The monoisotopic (exact) mass is 216 g/mol. The maximum Gasteiger partial charge on any atom is 0.170 e. The van der Waals surface area contributed by atoms with Crippen LogP contribution in [-0.2, 0) is 0 Å². The summed E-state index contributed by atoms with van der Waals surface area (Å²) < 4.78 is 0. The summed E-state index contributed by atoms with van der Waals surface area (Å²) in [6.45, 7) is 9.59. The van der Waals surface area contributed by atoms with Gasteiger partial charge in [-0.3, -0.25) is 0 Å². The van der Waals surface area contributed by atoms with Gasteiger partial charge in [-0.2, -0.15) is 10.5 Å². The fourth-order valence-electron chi connectivity index (χ4n) is 2.02. The molecule has 0 aromatic heterocycles. The Kier molecular flexibility index (Phi) is 3.58. The lowest BCUT2D eigenvalue weighted by Gasteiger charge is -2.25. The Morgan fingerprint density at radius 3 is 1.62 bits per heavy atom. The Bertz CT molecular complexity index is 393. The van der Waals surface area contributed by atoms with Crippen molar-refractivity contribution in [2.75, 3.05) is 13.1 Å². The highest BCUT2D eigenvalue weighted by Crippen LogP contribution is 2.32. The number of rotatable bonds is 2. The molecule has 0 fully saturated rings. The first-order valence-corrected chi connectivity index (χ1v) is 5.39. The molecular weight excluding hydrogens is 200 g/mol. The lowest BCUT2D eigenvalue weighted by molar-refractivity contribution is 0.354. The summed E-state index contributed by atoms with van der Waals surface area (Å²) in [7, 11) is 0. The maximum atomic E-state index is 8.98. The molecule has 0 N–H and O–H groups in total. The third-order valence-corrected chi connectivity index (χ3v) is 2.92. The van der Waals surface area contributed by atoms with E-state index >= 15 is 0 Å². The van der Waals surface area contributed by atoms with Crippen LogP contribution in [0.15, 0.2) is 22.8 Å². The van der Waals surface area contributed by atoms with Crippen LogP contribution in [0.4, 0.5) is 0 Å². The molecule has 84 valence electrons. The van der Waals surface area contributed by atoms with Crippen LogP contribution in [0.25, 0.3) is 0 Å². The Morgan fingerprint density at radius 2 is 1.38 bits per heavy atom. The van der Waals surface area contributed by atoms with E-state index in [2.05, 4.69) is 0 Å². The van der Waals surface area contributed by atoms with Gasteiger partial charge in [-0.15, -0.1) is 0 Å². The quantitative estimate of drug-likeness (QED) is 0.664. The number of hydrogen-bond donors (Lipinski definition) is 0. The molecule has 4 nitrogen and oxygen atoms in total. The number of hydrogen-bond acceptors (Lipinski definition) is 4. The van der Waals surface area contributed by atoms with Crippen molar-refractivity contribution in [3.05, 3.63) is 22.8 Å². The highest BCUT2D eigenvalue weighted by atomic mass is 15.4. The van der Waals surface area contributed by atoms with E-state index in [1.165, 1.54) is 0 Å². The van der Waals surface area contributed by atoms with Crippen LogP contribution in [0.2, 0.25) is 0 Å². The van der Waals surface area contributed by atoms with Gasteiger partial charge in [0.25, 0.3) is 0 Å². The van der Waals surface area contributed by atoms with E-state index in [0.717, 1.165) is 30.3 Å². The maximum absolute atomic E-state index is 8.98. The van der Waals surface area contributed by atoms with Crippen molar-refractivity contribution in [3.63, 3.8) is 0 Å². The van der Waals surface area contributed by atoms with Gasteiger partial charge in [0.15, 0.2) is 5.57 Å². The van der Waals surface area contributed by atoms with Crippen molar-refractivity contribution < 1.29 is 0 Å². The highest BCUT2D eigenvalue weighted by Gasteiger charge is 2.30. The molecule has 1 aliphatic heterocycles. The molecule has 0 unspecified atom stereocenters. The van der Waals surface area contributed by atoms with Crippen molar-refractivity contribution in [2.24, 2.45) is 0 Å². The molecule has 0 aromatic carbocycles. The van der Waals surface area contributed by atoms with Crippen LogP contribution in [0.3, 0.4) is 0 Å². The predicted molar refractivity (Wildman–Crippen MR) is 61.4 cm³/mol. The van der Waals surface area contributed by atoms with E-state index in [4.69, 9.17) is 10.5 Å². The minimum atomic E-state index is 0.180. The molecule has 0 amide bonds. The van der Waals surface area contributed by atoms with E-state index < -0.39 is 0 Å². The molecule has 0 saturated heterocycles. The SMILES string of the molecule is CCN1C(C)=C(C)N(CC)C1=C(C#N)C#N. The van der Waals surface area contributed by atoms with Crippen LogP contribution in [0.5, 0.6) is 0 Å². The second-order valence-electron chi connectivity index (χ2n) is 3.58. The molecule has 16 heavy (non-hydrogen) atoms. The Balaban J connectivity index is 3.37. The van der Waals surface area contributed by atoms with Gasteiger partial charge in [-0.05, 0) is 27.7 Å². The molecule has 0 aliphatic carbocycles. The zero-order chi connectivity index (χ0) is 12.3. The van der Waals surface area contributed by atoms with Gasteiger partial charge in [0.05, 0.1) is 0 Å². The second kappa shape index (κ2) is 4.72. The van der Waals surface area contributed by atoms with Gasteiger partial charge in [0.1, 0.15) is 18.0 Å². The summed E-state index contributed by atoms with van der Waals surface area (Å²) in [6, 6.07) is 3.94. The topological polar surface area (TPSA) is 54.1 Å². The number of nitriles is 2. The van der Waals surface area contributed by atoms with Gasteiger partial charge in [-0.1, -0.05) is 0 Å². The molecule has 0 saturated carbocycles. The van der Waals surface area contributed by atoms with Gasteiger partial charge in [0.2, 0.25) is 0 Å². The van der Waals surface area contributed by atoms with Crippen LogP contribution in [0, 0.1) is 22.7 Å². The van der Waals surface area contributed by atoms with Crippen LogP contribution in [-0.4, -0.2) is 22.9 Å². The summed E-state index contributed by atoms with van der Waals surface area (Å²) in [6.07, 6.45) is 0. The van der Waals surface area contributed by atoms with Gasteiger partial charge in [0, 0.05) is 24.5 Å². The molecule has 1 aliphatic rings. The van der Waals surface area contributed by atoms with Crippen LogP contribution >= 0.6 is 0 Å². The number of nitrogens with zero attached hydrogens (tertiary/aromatic N) is 4. The van der Waals surface area contributed by atoms with Crippen LogP contribution < -0.4 is 0 Å². The molecule has 0 aromatic rings. The lowest BCUT2D eigenvalue weighted by Crippen LogP contribution is -2.26. The van der Waals surface area contributed by atoms with Crippen molar-refractivity contribution >= 4 is 0 Å². The van der Waals surface area contributed by atoms with E-state index in [-0.39, 0.29) is 5.57 Å². The predicted octanol–water partition coefficient (Wildman–Crippen LogP) is 2.15. The van der Waals surface area contributed by atoms with E-state index in [1.807, 2.05) is 49.6 Å². The van der Waals surface area contributed by atoms with Gasteiger partial charge >= 0.3 is 0 Å². The molecule has 1 heterocycles. The normalized spacial score (nSPS) is 15.2. The Labute approximate surface area is 96.7 Å². The molecule has 0 bridgehead atoms. The molecular formula is C12H16N4. The molecule has 1 rings (SSSR count). The third kappa shape index (κ3) is 1.63. The van der Waals surface area contributed by atoms with E-state index in [9.17, 15) is 0 Å². The lowest BCUT2D eigenvalue weighted by atomic mass is 10.3. The first kappa shape index (κ1) is 12.1. The first-order valence-electron chi connectivity index (χ1n) is 5.39. The Morgan fingerprint density at radius 1 is 1.00 bits per heavy atom. The van der Waals surface area contributed by atoms with Crippen LogP contribution in [0.1, 0.15) is 27.7 Å². The average Bonchev–Trinajstić information content (AvgIpc) is 2.53. The minimum absolute atomic E-state index is 0.180. The van der Waals surface area contributed by atoms with E-state index in [1.54, 1.807) is 0 Å². The van der Waals surface area contributed by atoms with Crippen molar-refractivity contribution in [2.45, 2.75) is 27.7 Å². The summed E-state index contributed by atoms with van der Waals surface area (Å²) in [4.78, 5) is 4.03. The average molecular weight is 216 g/mol. The number of allylic oxidation sites excluding steroid dienone is 3. The molecule has 0 radical (unpaired) electrons. The van der Waals surface area contributed by atoms with Gasteiger partial charge in [-0.25, -0.2) is 0 Å². The van der Waals surface area contributed by atoms with Crippen molar-refractivity contribution in [1.29, 1.82) is 10.5 Å². The highest BCUT2D eigenvalue weighted by molar-refractivity contribution is 5.44. The smallest absolute Gasteiger partial charge is 0.170 e. The fourth-order valence-corrected chi connectivity index (χ4v) is 2.02. The fraction of sp³-hybridized carbons (Fsp3) is 0.500. The summed E-state index contributed by atoms with van der Waals surface area (Å²) in [5.74, 6) is 0.727. The Hall–Kier alpha value is -1.94. The molecule has 0 spiro atoms. The van der Waals surface area contributed by atoms with Gasteiger partial charge < -0.3 is 9.80 Å². The third-order valence-electron chi connectivity index (χ3n) is 2.92.